The molecule has 0 bridgehead atoms. The minimum absolute atomic E-state index is 0.0884. The van der Waals surface area contributed by atoms with Crippen LogP contribution in [0.5, 0.6) is 0 Å². The van der Waals surface area contributed by atoms with Crippen LogP contribution in [0.4, 0.5) is 11.5 Å². The second-order valence-electron chi connectivity index (χ2n) is 5.56. The topological polar surface area (TPSA) is 102 Å². The predicted octanol–water partition coefficient (Wildman–Crippen LogP) is 2.54. The molecule has 0 aliphatic heterocycles. The van der Waals surface area contributed by atoms with Crippen molar-refractivity contribution in [2.75, 3.05) is 23.4 Å². The molecule has 8 heteroatoms. The Morgan fingerprint density at radius 2 is 1.92 bits per heavy atom. The molecular weight excluding hydrogens is 338 g/mol. The van der Waals surface area contributed by atoms with Crippen molar-refractivity contribution >= 4 is 29.3 Å². The number of esters is 1. The lowest BCUT2D eigenvalue weighted by atomic mass is 10.2. The van der Waals surface area contributed by atoms with Crippen molar-refractivity contribution in [2.45, 2.75) is 27.2 Å². The van der Waals surface area contributed by atoms with Crippen molar-refractivity contribution in [1.82, 2.24) is 5.16 Å². The average Bonchev–Trinajstić information content (AvgIpc) is 3.01. The average molecular weight is 359 g/mol. The third-order valence-electron chi connectivity index (χ3n) is 3.51. The number of benzene rings is 1. The monoisotopic (exact) mass is 359 g/mol. The van der Waals surface area contributed by atoms with Crippen LogP contribution in [0.25, 0.3) is 0 Å². The Bertz CT molecular complexity index is 782. The zero-order valence-corrected chi connectivity index (χ0v) is 14.9. The molecule has 0 radical (unpaired) electrons. The maximum Gasteiger partial charge on any atom is 0.338 e. The Hall–Kier alpha value is -3.16. The smallest absolute Gasteiger partial charge is 0.338 e. The predicted molar refractivity (Wildman–Crippen MR) is 94.9 cm³/mol. The van der Waals surface area contributed by atoms with Crippen molar-refractivity contribution in [2.24, 2.45) is 0 Å². The Labute approximate surface area is 151 Å². The fourth-order valence-electron chi connectivity index (χ4n) is 2.25. The van der Waals surface area contributed by atoms with E-state index < -0.39 is 5.97 Å². The molecule has 0 unspecified atom stereocenters. The highest BCUT2D eigenvalue weighted by molar-refractivity contribution is 5.95. The Balaban J connectivity index is 1.91. The van der Waals surface area contributed by atoms with Crippen molar-refractivity contribution in [3.63, 3.8) is 0 Å². The summed E-state index contributed by atoms with van der Waals surface area (Å²) in [5, 5.41) is 6.51. The highest BCUT2D eigenvalue weighted by atomic mass is 16.5. The van der Waals surface area contributed by atoms with Gasteiger partial charge in [0.05, 0.1) is 12.2 Å². The minimum Gasteiger partial charge on any atom is -0.462 e. The minimum atomic E-state index is -0.412. The van der Waals surface area contributed by atoms with Crippen LogP contribution in [0.1, 0.15) is 36.4 Å². The van der Waals surface area contributed by atoms with Gasteiger partial charge < -0.3 is 14.6 Å². The van der Waals surface area contributed by atoms with Crippen molar-refractivity contribution in [3.8, 4) is 0 Å². The molecular formula is C18H21N3O5. The van der Waals surface area contributed by atoms with E-state index in [0.717, 1.165) is 0 Å². The highest BCUT2D eigenvalue weighted by Crippen LogP contribution is 2.15. The number of hydrogen-bond donors (Lipinski definition) is 1. The van der Waals surface area contributed by atoms with E-state index in [1.54, 1.807) is 44.2 Å². The lowest BCUT2D eigenvalue weighted by molar-refractivity contribution is -0.117. The number of nitrogens with one attached hydrogen (secondary N) is 1. The number of amides is 2. The molecule has 1 aromatic heterocycles. The van der Waals surface area contributed by atoms with Gasteiger partial charge in [-0.2, -0.15) is 0 Å². The summed E-state index contributed by atoms with van der Waals surface area (Å²) in [5.74, 6) is 0.0506. The van der Waals surface area contributed by atoms with Crippen LogP contribution in [0.15, 0.2) is 34.9 Å². The lowest BCUT2D eigenvalue weighted by Gasteiger charge is -2.17. The van der Waals surface area contributed by atoms with Gasteiger partial charge in [-0.15, -0.1) is 0 Å². The number of rotatable bonds is 7. The van der Waals surface area contributed by atoms with E-state index in [2.05, 4.69) is 10.5 Å². The zero-order valence-electron chi connectivity index (χ0n) is 14.9. The second kappa shape index (κ2) is 8.80. The van der Waals surface area contributed by atoms with E-state index in [4.69, 9.17) is 9.26 Å². The van der Waals surface area contributed by atoms with Crippen LogP contribution in [0.2, 0.25) is 0 Å². The van der Waals surface area contributed by atoms with Gasteiger partial charge in [0.25, 0.3) is 0 Å². The normalized spacial score (nSPS) is 10.3. The maximum absolute atomic E-state index is 12.1. The number of aromatic nitrogens is 1. The fraction of sp³-hybridized carbons (Fsp3) is 0.333. The summed E-state index contributed by atoms with van der Waals surface area (Å²) in [5.41, 5.74) is 0.962. The molecule has 138 valence electrons. The van der Waals surface area contributed by atoms with E-state index >= 15 is 0 Å². The summed E-state index contributed by atoms with van der Waals surface area (Å²) < 4.78 is 9.87. The molecule has 0 spiro atoms. The third kappa shape index (κ3) is 5.17. The van der Waals surface area contributed by atoms with Gasteiger partial charge in [0.2, 0.25) is 11.8 Å². The van der Waals surface area contributed by atoms with E-state index in [-0.39, 0.29) is 24.8 Å². The molecule has 1 heterocycles. The van der Waals surface area contributed by atoms with Crippen LogP contribution in [-0.2, 0) is 14.3 Å². The van der Waals surface area contributed by atoms with Crippen LogP contribution >= 0.6 is 0 Å². The van der Waals surface area contributed by atoms with Gasteiger partial charge in [-0.05, 0) is 38.1 Å². The van der Waals surface area contributed by atoms with Crippen LogP contribution < -0.4 is 10.2 Å². The van der Waals surface area contributed by atoms with Crippen molar-refractivity contribution in [1.29, 1.82) is 0 Å². The first-order valence-corrected chi connectivity index (χ1v) is 8.19. The summed E-state index contributed by atoms with van der Waals surface area (Å²) in [6.07, 6.45) is 0.0884. The number of ether oxygens (including phenoxy) is 1. The molecule has 0 atom stereocenters. The first kappa shape index (κ1) is 19.2. The Kier molecular flexibility index (Phi) is 6.48. The van der Waals surface area contributed by atoms with Gasteiger partial charge in [0, 0.05) is 31.6 Å². The molecule has 8 nitrogen and oxygen atoms in total. The quantitative estimate of drug-likeness (QED) is 0.762. The first-order chi connectivity index (χ1) is 12.4. The SMILES string of the molecule is CCOC(=O)c1ccc(NC(=O)CCN(C(C)=O)c2cc(C)on2)cc1. The van der Waals surface area contributed by atoms with Crippen LogP contribution in [0, 0.1) is 6.92 Å². The number of hydrogen-bond acceptors (Lipinski definition) is 6. The molecule has 2 amide bonds. The summed E-state index contributed by atoms with van der Waals surface area (Å²) in [4.78, 5) is 36.8. The summed E-state index contributed by atoms with van der Waals surface area (Å²) >= 11 is 0. The zero-order chi connectivity index (χ0) is 19.1. The number of carbonyl (C=O) groups is 3. The molecule has 0 saturated heterocycles. The third-order valence-corrected chi connectivity index (χ3v) is 3.51. The van der Waals surface area contributed by atoms with Crippen LogP contribution in [-0.4, -0.2) is 36.1 Å². The highest BCUT2D eigenvalue weighted by Gasteiger charge is 2.17. The molecule has 2 aromatic rings. The molecule has 0 aliphatic carbocycles. The summed E-state index contributed by atoms with van der Waals surface area (Å²) in [6.45, 7) is 5.33. The first-order valence-electron chi connectivity index (χ1n) is 8.19. The molecule has 2 rings (SSSR count). The fourth-order valence-corrected chi connectivity index (χ4v) is 2.25. The standard InChI is InChI=1S/C18H21N3O5/c1-4-25-18(24)14-5-7-15(8-6-14)19-17(23)9-10-21(13(3)22)16-11-12(2)26-20-16/h5-8,11H,4,9-10H2,1-3H3,(H,19,23). The largest absolute Gasteiger partial charge is 0.462 e. The molecule has 0 saturated carbocycles. The van der Waals surface area contributed by atoms with Gasteiger partial charge in [-0.3, -0.25) is 14.5 Å². The van der Waals surface area contributed by atoms with E-state index in [9.17, 15) is 14.4 Å². The Morgan fingerprint density at radius 3 is 2.46 bits per heavy atom. The maximum atomic E-state index is 12.1. The van der Waals surface area contributed by atoms with Gasteiger partial charge in [-0.1, -0.05) is 5.16 Å². The van der Waals surface area contributed by atoms with Gasteiger partial charge in [-0.25, -0.2) is 4.79 Å². The molecule has 1 N–H and O–H groups in total. The van der Waals surface area contributed by atoms with Gasteiger partial charge in [0.1, 0.15) is 5.76 Å². The van der Waals surface area contributed by atoms with Crippen molar-refractivity contribution < 1.29 is 23.6 Å². The molecule has 0 aliphatic rings. The number of anilines is 2. The number of nitrogens with zero attached hydrogens (tertiary/aromatic N) is 2. The van der Waals surface area contributed by atoms with Crippen molar-refractivity contribution in [3.05, 3.63) is 41.7 Å². The Morgan fingerprint density at radius 1 is 1.23 bits per heavy atom. The van der Waals surface area contributed by atoms with Gasteiger partial charge >= 0.3 is 5.97 Å². The van der Waals surface area contributed by atoms with E-state index in [0.29, 0.717) is 29.4 Å². The van der Waals surface area contributed by atoms with Gasteiger partial charge in [0.15, 0.2) is 5.82 Å². The number of aryl methyl sites for hydroxylation is 1. The molecule has 0 fully saturated rings. The second-order valence-corrected chi connectivity index (χ2v) is 5.56. The molecule has 26 heavy (non-hydrogen) atoms. The van der Waals surface area contributed by atoms with Crippen LogP contribution in [0.3, 0.4) is 0 Å². The summed E-state index contributed by atoms with van der Waals surface area (Å²) in [6, 6.07) is 8.02. The molecule has 1 aromatic carbocycles. The van der Waals surface area contributed by atoms with E-state index in [1.165, 1.54) is 11.8 Å². The number of carbonyl (C=O) groups excluding carboxylic acids is 3. The lowest BCUT2D eigenvalue weighted by Crippen LogP contribution is -2.32. The van der Waals surface area contributed by atoms with E-state index in [1.807, 2.05) is 0 Å². The summed E-state index contributed by atoms with van der Waals surface area (Å²) in [7, 11) is 0.